The van der Waals surface area contributed by atoms with Gasteiger partial charge in [0.25, 0.3) is 0 Å². The highest BCUT2D eigenvalue weighted by atomic mass is 35.5. The topological polar surface area (TPSA) is 97.9 Å². The van der Waals surface area contributed by atoms with Gasteiger partial charge in [0, 0.05) is 60.2 Å². The molecule has 0 unspecified atom stereocenters. The molecule has 4 rings (SSSR count). The Balaban J connectivity index is 0.000000663. The molecular weight excluding hydrogens is 538 g/mol. The summed E-state index contributed by atoms with van der Waals surface area (Å²) in [6.07, 6.45) is 5.00. The fraction of sp³-hybridized carbons (Fsp3) is 0.690. The molecule has 0 atom stereocenters. The molecule has 0 aliphatic carbocycles. The second-order valence-electron chi connectivity index (χ2n) is 10.4. The zero-order valence-electron chi connectivity index (χ0n) is 23.9. The van der Waals surface area contributed by atoms with Gasteiger partial charge in [0.15, 0.2) is 0 Å². The minimum absolute atomic E-state index is 0.00154. The molecule has 3 saturated heterocycles. The van der Waals surface area contributed by atoms with E-state index in [1.54, 1.807) is 4.90 Å². The summed E-state index contributed by atoms with van der Waals surface area (Å²) in [7, 11) is 2.94. The highest BCUT2D eigenvalue weighted by molar-refractivity contribution is 6.63. The van der Waals surface area contributed by atoms with Crippen LogP contribution in [-0.4, -0.2) is 125 Å². The van der Waals surface area contributed by atoms with Gasteiger partial charge in [-0.05, 0) is 74.5 Å². The van der Waals surface area contributed by atoms with Crippen molar-refractivity contribution in [2.24, 2.45) is 0 Å². The van der Waals surface area contributed by atoms with E-state index in [2.05, 4.69) is 21.8 Å². The lowest BCUT2D eigenvalue weighted by Crippen LogP contribution is -2.57. The Morgan fingerprint density at radius 2 is 1.48 bits per heavy atom. The summed E-state index contributed by atoms with van der Waals surface area (Å²) in [5.41, 5.74) is 0.453. The van der Waals surface area contributed by atoms with Gasteiger partial charge in [0.05, 0.1) is 12.0 Å². The molecule has 40 heavy (non-hydrogen) atoms. The third kappa shape index (κ3) is 9.41. The minimum atomic E-state index is -0.578. The number of ether oxygens (including phenoxy) is 4. The summed E-state index contributed by atoms with van der Waals surface area (Å²) in [6, 6.07) is 8.10. The Hall–Kier alpha value is -2.24. The maximum atomic E-state index is 13.8. The van der Waals surface area contributed by atoms with Crippen LogP contribution in [0.5, 0.6) is 5.75 Å². The molecule has 0 saturated carbocycles. The van der Waals surface area contributed by atoms with Crippen molar-refractivity contribution in [2.45, 2.75) is 37.5 Å². The van der Waals surface area contributed by atoms with E-state index >= 15 is 0 Å². The quantitative estimate of drug-likeness (QED) is 0.290. The number of carbonyl (C=O) groups is 3. The van der Waals surface area contributed by atoms with E-state index in [1.807, 2.05) is 17.0 Å². The average molecular weight is 582 g/mol. The number of hydrogen-bond donors (Lipinski definition) is 0. The number of benzene rings is 1. The summed E-state index contributed by atoms with van der Waals surface area (Å²) in [6.45, 7) is 7.67. The predicted octanol–water partition coefficient (Wildman–Crippen LogP) is 2.31. The Bertz CT molecular complexity index is 926. The molecule has 224 valence electrons. The summed E-state index contributed by atoms with van der Waals surface area (Å²) < 4.78 is 20.9. The first kappa shape index (κ1) is 32.3. The smallest absolute Gasteiger partial charge is 0.248 e. The van der Waals surface area contributed by atoms with E-state index in [1.165, 1.54) is 40.2 Å². The second-order valence-corrected chi connectivity index (χ2v) is 10.8. The van der Waals surface area contributed by atoms with Crippen molar-refractivity contribution in [2.75, 3.05) is 93.1 Å². The number of amides is 2. The lowest BCUT2D eigenvalue weighted by atomic mass is 9.73. The van der Waals surface area contributed by atoms with E-state index in [0.717, 1.165) is 24.3 Å². The van der Waals surface area contributed by atoms with Crippen molar-refractivity contribution >= 4 is 28.7 Å². The van der Waals surface area contributed by atoms with Crippen LogP contribution in [0.3, 0.4) is 0 Å². The normalized spacial score (nSPS) is 19.1. The molecule has 0 aromatic heterocycles. The van der Waals surface area contributed by atoms with Gasteiger partial charge in [-0.3, -0.25) is 14.4 Å². The number of likely N-dealkylation sites (tertiary alicyclic amines) is 1. The van der Waals surface area contributed by atoms with Crippen molar-refractivity contribution in [3.05, 3.63) is 29.8 Å². The molecule has 1 aromatic carbocycles. The first-order chi connectivity index (χ1) is 19.4. The van der Waals surface area contributed by atoms with Gasteiger partial charge in [-0.2, -0.15) is 0 Å². The fourth-order valence-electron chi connectivity index (χ4n) is 5.49. The highest BCUT2D eigenvalue weighted by Crippen LogP contribution is 2.38. The Labute approximate surface area is 242 Å². The largest absolute Gasteiger partial charge is 0.494 e. The number of methoxy groups -OCH3 is 2. The van der Waals surface area contributed by atoms with Crippen LogP contribution in [-0.2, 0) is 34.0 Å². The SMILES string of the molecule is COCC(=O)Cl.COCC(=O)N1CCN(C(=O)C2(c3ccc(OCCCN4CCCC4)cc3)CCOCC2)CC1. The molecule has 0 bridgehead atoms. The maximum absolute atomic E-state index is 13.8. The Morgan fingerprint density at radius 1 is 0.875 bits per heavy atom. The summed E-state index contributed by atoms with van der Waals surface area (Å²) >= 11 is 4.81. The van der Waals surface area contributed by atoms with Crippen molar-refractivity contribution < 1.29 is 33.3 Å². The lowest BCUT2D eigenvalue weighted by Gasteiger charge is -2.43. The van der Waals surface area contributed by atoms with Crippen LogP contribution in [0.15, 0.2) is 24.3 Å². The number of halogens is 1. The van der Waals surface area contributed by atoms with Crippen molar-refractivity contribution in [3.8, 4) is 5.75 Å². The van der Waals surface area contributed by atoms with Crippen LogP contribution in [0, 0.1) is 0 Å². The third-order valence-electron chi connectivity index (χ3n) is 7.69. The summed E-state index contributed by atoms with van der Waals surface area (Å²) in [4.78, 5) is 41.8. The van der Waals surface area contributed by atoms with Gasteiger partial charge in [-0.1, -0.05) is 12.1 Å². The number of hydrogen-bond acceptors (Lipinski definition) is 8. The second kappa shape index (κ2) is 16.9. The first-order valence-electron chi connectivity index (χ1n) is 14.2. The monoisotopic (exact) mass is 581 g/mol. The molecule has 0 N–H and O–H groups in total. The Morgan fingerprint density at radius 3 is 2.02 bits per heavy atom. The first-order valence-corrected chi connectivity index (χ1v) is 14.5. The molecule has 1 aromatic rings. The number of carbonyl (C=O) groups excluding carboxylic acids is 3. The van der Waals surface area contributed by atoms with Crippen LogP contribution in [0.2, 0.25) is 0 Å². The standard InChI is InChI=1S/C26H39N3O5.C3H5ClO2/c1-32-21-24(30)28-14-16-29(17-15-28)25(31)26(9-19-33-20-10-26)22-5-7-23(8-6-22)34-18-4-13-27-11-2-3-12-27;1-6-2-3(4)5/h5-8H,2-4,9-21H2,1H3;2H2,1H3. The van der Waals surface area contributed by atoms with Gasteiger partial charge in [-0.15, -0.1) is 0 Å². The summed E-state index contributed by atoms with van der Waals surface area (Å²) in [5, 5.41) is -0.461. The van der Waals surface area contributed by atoms with E-state index in [4.69, 9.17) is 25.8 Å². The van der Waals surface area contributed by atoms with Gasteiger partial charge in [-0.25, -0.2) is 0 Å². The predicted molar refractivity (Wildman–Crippen MR) is 152 cm³/mol. The molecule has 3 aliphatic heterocycles. The molecule has 3 aliphatic rings. The molecule has 10 nitrogen and oxygen atoms in total. The zero-order valence-corrected chi connectivity index (χ0v) is 24.7. The summed E-state index contributed by atoms with van der Waals surface area (Å²) in [5.74, 6) is 0.977. The van der Waals surface area contributed by atoms with Crippen LogP contribution < -0.4 is 4.74 Å². The number of piperazine rings is 1. The average Bonchev–Trinajstić information content (AvgIpc) is 3.50. The molecule has 3 fully saturated rings. The van der Waals surface area contributed by atoms with Crippen LogP contribution in [0.1, 0.15) is 37.7 Å². The molecule has 11 heteroatoms. The molecular formula is C29H44ClN3O7. The number of rotatable bonds is 11. The van der Waals surface area contributed by atoms with Crippen LogP contribution in [0.4, 0.5) is 0 Å². The van der Waals surface area contributed by atoms with E-state index in [0.29, 0.717) is 58.8 Å². The van der Waals surface area contributed by atoms with Gasteiger partial charge in [0.2, 0.25) is 17.1 Å². The third-order valence-corrected chi connectivity index (χ3v) is 7.80. The van der Waals surface area contributed by atoms with Gasteiger partial charge < -0.3 is 33.6 Å². The highest BCUT2D eigenvalue weighted by Gasteiger charge is 2.44. The lowest BCUT2D eigenvalue weighted by molar-refractivity contribution is -0.147. The Kier molecular flexibility index (Phi) is 13.6. The van der Waals surface area contributed by atoms with Crippen molar-refractivity contribution in [3.63, 3.8) is 0 Å². The minimum Gasteiger partial charge on any atom is -0.494 e. The van der Waals surface area contributed by atoms with Gasteiger partial charge >= 0.3 is 0 Å². The van der Waals surface area contributed by atoms with E-state index < -0.39 is 10.7 Å². The fourth-order valence-corrected chi connectivity index (χ4v) is 5.60. The molecule has 2 amide bonds. The molecule has 3 heterocycles. The van der Waals surface area contributed by atoms with E-state index in [9.17, 15) is 14.4 Å². The molecule has 0 spiro atoms. The van der Waals surface area contributed by atoms with Crippen molar-refractivity contribution in [1.82, 2.24) is 14.7 Å². The van der Waals surface area contributed by atoms with Crippen molar-refractivity contribution in [1.29, 1.82) is 0 Å². The molecule has 0 radical (unpaired) electrons. The maximum Gasteiger partial charge on any atom is 0.248 e. The zero-order chi connectivity index (χ0) is 28.8. The van der Waals surface area contributed by atoms with Crippen LogP contribution in [0.25, 0.3) is 0 Å². The van der Waals surface area contributed by atoms with Gasteiger partial charge in [0.1, 0.15) is 19.0 Å². The van der Waals surface area contributed by atoms with E-state index in [-0.39, 0.29) is 25.0 Å². The van der Waals surface area contributed by atoms with Crippen LogP contribution >= 0.6 is 11.6 Å². The number of nitrogens with zero attached hydrogens (tertiary/aromatic N) is 3.